The van der Waals surface area contributed by atoms with Crippen LogP contribution >= 0.6 is 15.9 Å². The Balaban J connectivity index is 1.82. The van der Waals surface area contributed by atoms with E-state index < -0.39 is 0 Å². The average Bonchev–Trinajstić information content (AvgIpc) is 2.38. The lowest BCUT2D eigenvalue weighted by atomic mass is 9.89. The summed E-state index contributed by atoms with van der Waals surface area (Å²) < 4.78 is 1.08. The summed E-state index contributed by atoms with van der Waals surface area (Å²) in [5.74, 6) is 1.43. The molecule has 0 atom stereocenters. The molecule has 1 aliphatic carbocycles. The first-order valence-electron chi connectivity index (χ1n) is 7.11. The molecule has 1 spiro atoms. The van der Waals surface area contributed by atoms with Crippen LogP contribution < -0.4 is 11.1 Å². The van der Waals surface area contributed by atoms with Gasteiger partial charge < -0.3 is 11.1 Å². The molecule has 0 unspecified atom stereocenters. The van der Waals surface area contributed by atoms with Gasteiger partial charge in [-0.05, 0) is 43.4 Å². The molecule has 3 N–H and O–H groups in total. The van der Waals surface area contributed by atoms with Crippen molar-refractivity contribution in [3.05, 3.63) is 34.3 Å². The first-order chi connectivity index (χ1) is 9.65. The zero-order valence-electron chi connectivity index (χ0n) is 11.4. The van der Waals surface area contributed by atoms with Gasteiger partial charge in [0.25, 0.3) is 0 Å². The van der Waals surface area contributed by atoms with Gasteiger partial charge in [-0.15, -0.1) is 0 Å². The van der Waals surface area contributed by atoms with Gasteiger partial charge in [-0.3, -0.25) is 0 Å². The van der Waals surface area contributed by atoms with Crippen molar-refractivity contribution >= 4 is 27.7 Å². The molecule has 1 aromatic rings. The van der Waals surface area contributed by atoms with E-state index in [1.807, 2.05) is 12.1 Å². The quantitative estimate of drug-likeness (QED) is 0.873. The fourth-order valence-corrected chi connectivity index (χ4v) is 3.42. The topological polar surface area (TPSA) is 62.8 Å². The number of guanidine groups is 1. The van der Waals surface area contributed by atoms with Gasteiger partial charge in [0.2, 0.25) is 0 Å². The SMILES string of the molecule is NC1=NC2(CCCCC2)N=C(Cc2cccc(Br)c2)N1. The number of nitrogens with zero attached hydrogens (tertiary/aromatic N) is 2. The van der Waals surface area contributed by atoms with Gasteiger partial charge in [0.05, 0.1) is 0 Å². The highest BCUT2D eigenvalue weighted by Crippen LogP contribution is 2.34. The van der Waals surface area contributed by atoms with Crippen molar-refractivity contribution in [2.75, 3.05) is 0 Å². The van der Waals surface area contributed by atoms with Crippen LogP contribution in [0.3, 0.4) is 0 Å². The molecule has 4 nitrogen and oxygen atoms in total. The molecule has 1 aliphatic heterocycles. The van der Waals surface area contributed by atoms with E-state index in [2.05, 4.69) is 38.4 Å². The summed E-state index contributed by atoms with van der Waals surface area (Å²) in [6.45, 7) is 0. The fraction of sp³-hybridized carbons (Fsp3) is 0.467. The van der Waals surface area contributed by atoms with Gasteiger partial charge in [-0.25, -0.2) is 9.98 Å². The second-order valence-corrected chi connectivity index (χ2v) is 6.45. The summed E-state index contributed by atoms with van der Waals surface area (Å²) in [6.07, 6.45) is 6.43. The van der Waals surface area contributed by atoms with E-state index in [4.69, 9.17) is 10.7 Å². The maximum atomic E-state index is 5.96. The molecule has 20 heavy (non-hydrogen) atoms. The van der Waals surface area contributed by atoms with Crippen LogP contribution in [0.5, 0.6) is 0 Å². The van der Waals surface area contributed by atoms with Gasteiger partial charge in [0.15, 0.2) is 11.6 Å². The number of halogens is 1. The van der Waals surface area contributed by atoms with Gasteiger partial charge >= 0.3 is 0 Å². The number of aliphatic imine (C=N–C) groups is 2. The van der Waals surface area contributed by atoms with Crippen molar-refractivity contribution < 1.29 is 0 Å². The van der Waals surface area contributed by atoms with E-state index >= 15 is 0 Å². The van der Waals surface area contributed by atoms with Crippen LogP contribution in [-0.2, 0) is 6.42 Å². The molecular formula is C15H19BrN4. The number of hydrogen-bond donors (Lipinski definition) is 2. The van der Waals surface area contributed by atoms with Crippen LogP contribution in [0.1, 0.15) is 37.7 Å². The number of nitrogens with two attached hydrogens (primary N) is 1. The van der Waals surface area contributed by atoms with Crippen LogP contribution in [0.4, 0.5) is 0 Å². The summed E-state index contributed by atoms with van der Waals surface area (Å²) in [5, 5.41) is 3.12. The summed E-state index contributed by atoms with van der Waals surface area (Å²) in [6, 6.07) is 8.28. The zero-order chi connectivity index (χ0) is 14.0. The van der Waals surface area contributed by atoms with E-state index in [-0.39, 0.29) is 5.66 Å². The molecule has 0 radical (unpaired) electrons. The monoisotopic (exact) mass is 334 g/mol. The Kier molecular flexibility index (Phi) is 3.78. The second-order valence-electron chi connectivity index (χ2n) is 5.53. The Hall–Kier alpha value is -1.36. The lowest BCUT2D eigenvalue weighted by Gasteiger charge is -2.34. The number of nitrogens with one attached hydrogen (secondary N) is 1. The van der Waals surface area contributed by atoms with Crippen molar-refractivity contribution in [2.45, 2.75) is 44.2 Å². The molecule has 106 valence electrons. The largest absolute Gasteiger partial charge is 0.370 e. The highest BCUT2D eigenvalue weighted by atomic mass is 79.9. The van der Waals surface area contributed by atoms with E-state index in [1.54, 1.807) is 0 Å². The molecule has 0 bridgehead atoms. The minimum Gasteiger partial charge on any atom is -0.370 e. The smallest absolute Gasteiger partial charge is 0.196 e. The Labute approximate surface area is 127 Å². The average molecular weight is 335 g/mol. The van der Waals surface area contributed by atoms with Gasteiger partial charge in [0, 0.05) is 10.9 Å². The van der Waals surface area contributed by atoms with Crippen molar-refractivity contribution in [3.63, 3.8) is 0 Å². The molecule has 5 heteroatoms. The molecule has 1 aromatic carbocycles. The molecule has 1 saturated carbocycles. The second kappa shape index (κ2) is 5.56. The van der Waals surface area contributed by atoms with Crippen LogP contribution in [0.2, 0.25) is 0 Å². The summed E-state index contributed by atoms with van der Waals surface area (Å²) >= 11 is 3.50. The summed E-state index contributed by atoms with van der Waals surface area (Å²) in [7, 11) is 0. The number of benzene rings is 1. The molecule has 0 aromatic heterocycles. The van der Waals surface area contributed by atoms with Crippen molar-refractivity contribution in [2.24, 2.45) is 15.7 Å². The highest BCUT2D eigenvalue weighted by molar-refractivity contribution is 9.10. The molecule has 1 heterocycles. The summed E-state index contributed by atoms with van der Waals surface area (Å²) in [5.41, 5.74) is 6.88. The Morgan fingerprint density at radius 1 is 1.20 bits per heavy atom. The van der Waals surface area contributed by atoms with E-state index in [1.165, 1.54) is 24.8 Å². The van der Waals surface area contributed by atoms with Crippen molar-refractivity contribution in [3.8, 4) is 0 Å². The predicted molar refractivity (Wildman–Crippen MR) is 85.9 cm³/mol. The number of rotatable bonds is 2. The lowest BCUT2D eigenvalue weighted by molar-refractivity contribution is 0.306. The lowest BCUT2D eigenvalue weighted by Crippen LogP contribution is -2.47. The third-order valence-corrected chi connectivity index (χ3v) is 4.35. The Morgan fingerprint density at radius 2 is 2.00 bits per heavy atom. The Morgan fingerprint density at radius 3 is 2.75 bits per heavy atom. The molecule has 0 amide bonds. The van der Waals surface area contributed by atoms with E-state index in [0.717, 1.165) is 29.6 Å². The third kappa shape index (κ3) is 3.03. The van der Waals surface area contributed by atoms with Crippen LogP contribution in [0.15, 0.2) is 38.7 Å². The van der Waals surface area contributed by atoms with Crippen molar-refractivity contribution in [1.29, 1.82) is 0 Å². The molecule has 1 fully saturated rings. The van der Waals surface area contributed by atoms with Crippen LogP contribution in [0.25, 0.3) is 0 Å². The van der Waals surface area contributed by atoms with Gasteiger partial charge in [0.1, 0.15) is 5.84 Å². The van der Waals surface area contributed by atoms with Crippen molar-refractivity contribution in [1.82, 2.24) is 5.32 Å². The molecular weight excluding hydrogens is 316 g/mol. The van der Waals surface area contributed by atoms with Gasteiger partial charge in [-0.1, -0.05) is 34.5 Å². The minimum atomic E-state index is -0.297. The standard InChI is InChI=1S/C15H19BrN4/c16-12-6-4-5-11(9-12)10-13-18-14(17)20-15(19-13)7-2-1-3-8-15/h4-6,9H,1-3,7-8,10H2,(H3,17,18,19,20). The third-order valence-electron chi connectivity index (χ3n) is 3.86. The summed E-state index contributed by atoms with van der Waals surface area (Å²) in [4.78, 5) is 9.44. The Bertz CT molecular complexity index is 559. The number of hydrogen-bond acceptors (Lipinski definition) is 4. The minimum absolute atomic E-state index is 0.297. The number of amidine groups is 1. The first kappa shape index (κ1) is 13.6. The van der Waals surface area contributed by atoms with Crippen LogP contribution in [-0.4, -0.2) is 17.5 Å². The maximum absolute atomic E-state index is 5.96. The molecule has 2 aliphatic rings. The van der Waals surface area contributed by atoms with E-state index in [0.29, 0.717) is 5.96 Å². The predicted octanol–water partition coefficient (Wildman–Crippen LogP) is 2.97. The first-order valence-corrected chi connectivity index (χ1v) is 7.90. The molecule has 3 rings (SSSR count). The fourth-order valence-electron chi connectivity index (χ4n) is 2.97. The van der Waals surface area contributed by atoms with Crippen LogP contribution in [0, 0.1) is 0 Å². The van der Waals surface area contributed by atoms with Gasteiger partial charge in [-0.2, -0.15) is 0 Å². The maximum Gasteiger partial charge on any atom is 0.196 e. The zero-order valence-corrected chi connectivity index (χ0v) is 13.0. The highest BCUT2D eigenvalue weighted by Gasteiger charge is 2.34. The molecule has 0 saturated heterocycles. The van der Waals surface area contributed by atoms with E-state index in [9.17, 15) is 0 Å². The normalized spacial score (nSPS) is 21.1.